The first-order valence-electron chi connectivity index (χ1n) is 6.65. The molecule has 0 atom stereocenters. The number of hydrogen-bond donors (Lipinski definition) is 3. The summed E-state index contributed by atoms with van der Waals surface area (Å²) in [6, 6.07) is 3.89. The summed E-state index contributed by atoms with van der Waals surface area (Å²) in [6.07, 6.45) is 0.774. The molecule has 0 aliphatic heterocycles. The molecule has 0 saturated heterocycles. The maximum absolute atomic E-state index is 13.1. The summed E-state index contributed by atoms with van der Waals surface area (Å²) >= 11 is 1.33. The van der Waals surface area contributed by atoms with E-state index in [1.54, 1.807) is 6.07 Å². The second-order valence-electron chi connectivity index (χ2n) is 4.51. The molecule has 0 unspecified atom stereocenters. The molecule has 0 bridgehead atoms. The molecule has 0 saturated carbocycles. The van der Waals surface area contributed by atoms with E-state index < -0.39 is 6.03 Å². The fourth-order valence-corrected chi connectivity index (χ4v) is 2.55. The van der Waals surface area contributed by atoms with Gasteiger partial charge < -0.3 is 10.3 Å². The number of amides is 2. The van der Waals surface area contributed by atoms with Crippen molar-refractivity contribution in [1.82, 2.24) is 25.5 Å². The van der Waals surface area contributed by atoms with E-state index >= 15 is 0 Å². The molecule has 9 heteroatoms. The van der Waals surface area contributed by atoms with E-state index in [2.05, 4.69) is 30.8 Å². The number of nitrogens with one attached hydrogen (secondary N) is 3. The summed E-state index contributed by atoms with van der Waals surface area (Å²) in [4.78, 5) is 19.0. The molecule has 3 aromatic rings. The average molecular weight is 320 g/mol. The van der Waals surface area contributed by atoms with Crippen molar-refractivity contribution >= 4 is 33.5 Å². The second kappa shape index (κ2) is 6.06. The molecule has 0 radical (unpaired) electrons. The first-order chi connectivity index (χ1) is 10.6. The fraction of sp³-hybridized carbons (Fsp3) is 0.231. The standard InChI is InChI=1S/C13H13FN6OS/c1-2-11-19-20-13(22-11)18-12(21)15-6-10-16-8-4-3-7(14)5-9(8)17-10/h3-5H,2,6H2,1H3,(H,16,17)(H2,15,18,20,21). The smallest absolute Gasteiger partial charge is 0.321 e. The van der Waals surface area contributed by atoms with Crippen LogP contribution in [0.5, 0.6) is 0 Å². The van der Waals surface area contributed by atoms with Crippen molar-refractivity contribution in [2.75, 3.05) is 5.32 Å². The number of halogens is 1. The number of carbonyl (C=O) groups excluding carboxylic acids is 1. The number of benzene rings is 1. The third kappa shape index (κ3) is 3.19. The minimum atomic E-state index is -0.398. The molecule has 22 heavy (non-hydrogen) atoms. The normalized spacial score (nSPS) is 10.8. The molecule has 1 aromatic carbocycles. The van der Waals surface area contributed by atoms with Gasteiger partial charge in [0.2, 0.25) is 5.13 Å². The van der Waals surface area contributed by atoms with Gasteiger partial charge in [-0.1, -0.05) is 18.3 Å². The lowest BCUT2D eigenvalue weighted by molar-refractivity contribution is 0.251. The molecule has 2 aromatic heterocycles. The van der Waals surface area contributed by atoms with Crippen LogP contribution in [0, 0.1) is 5.82 Å². The van der Waals surface area contributed by atoms with E-state index in [4.69, 9.17) is 0 Å². The number of urea groups is 1. The van der Waals surface area contributed by atoms with Crippen LogP contribution < -0.4 is 10.6 Å². The quantitative estimate of drug-likeness (QED) is 0.688. The van der Waals surface area contributed by atoms with E-state index in [9.17, 15) is 9.18 Å². The third-order valence-corrected chi connectivity index (χ3v) is 3.88. The minimum absolute atomic E-state index is 0.196. The van der Waals surface area contributed by atoms with Crippen LogP contribution in [0.2, 0.25) is 0 Å². The SMILES string of the molecule is CCc1nnc(NC(=O)NCc2nc3ccc(F)cc3[nH]2)s1. The van der Waals surface area contributed by atoms with Crippen LogP contribution in [-0.2, 0) is 13.0 Å². The van der Waals surface area contributed by atoms with Crippen molar-refractivity contribution in [1.29, 1.82) is 0 Å². The van der Waals surface area contributed by atoms with Crippen LogP contribution in [-0.4, -0.2) is 26.2 Å². The van der Waals surface area contributed by atoms with Crippen LogP contribution in [0.4, 0.5) is 14.3 Å². The molecule has 2 heterocycles. The summed E-state index contributed by atoms with van der Waals surface area (Å²) in [7, 11) is 0. The maximum atomic E-state index is 13.1. The Balaban J connectivity index is 1.59. The average Bonchev–Trinajstić information content (AvgIpc) is 3.10. The van der Waals surface area contributed by atoms with Crippen LogP contribution in [0.1, 0.15) is 17.8 Å². The number of fused-ring (bicyclic) bond motifs is 1. The number of carbonyl (C=O) groups is 1. The minimum Gasteiger partial charge on any atom is -0.340 e. The lowest BCUT2D eigenvalue weighted by atomic mass is 10.3. The molecule has 2 amide bonds. The van der Waals surface area contributed by atoms with Crippen molar-refractivity contribution in [3.63, 3.8) is 0 Å². The fourth-order valence-electron chi connectivity index (χ4n) is 1.87. The molecule has 0 aliphatic carbocycles. The van der Waals surface area contributed by atoms with Gasteiger partial charge in [0.05, 0.1) is 17.6 Å². The number of aromatic amines is 1. The van der Waals surface area contributed by atoms with Crippen LogP contribution in [0.15, 0.2) is 18.2 Å². The van der Waals surface area contributed by atoms with Gasteiger partial charge in [-0.25, -0.2) is 14.2 Å². The Bertz CT molecular complexity index is 814. The number of aryl methyl sites for hydroxylation is 1. The third-order valence-electron chi connectivity index (χ3n) is 2.90. The second-order valence-corrected chi connectivity index (χ2v) is 5.57. The van der Waals surface area contributed by atoms with Gasteiger partial charge in [0.15, 0.2) is 0 Å². The number of nitrogens with zero attached hydrogens (tertiary/aromatic N) is 3. The van der Waals surface area contributed by atoms with E-state index in [1.807, 2.05) is 6.92 Å². The number of rotatable bonds is 4. The highest BCUT2D eigenvalue weighted by atomic mass is 32.1. The van der Waals surface area contributed by atoms with Gasteiger partial charge in [-0.2, -0.15) is 0 Å². The summed E-state index contributed by atoms with van der Waals surface area (Å²) in [5.74, 6) is 0.207. The van der Waals surface area contributed by atoms with Crippen LogP contribution in [0.3, 0.4) is 0 Å². The monoisotopic (exact) mass is 320 g/mol. The Labute approximate surface area is 129 Å². The van der Waals surface area contributed by atoms with Gasteiger partial charge in [-0.3, -0.25) is 5.32 Å². The Morgan fingerprint density at radius 3 is 3.05 bits per heavy atom. The predicted molar refractivity (Wildman–Crippen MR) is 81.2 cm³/mol. The Morgan fingerprint density at radius 2 is 2.27 bits per heavy atom. The Hall–Kier alpha value is -2.55. The number of H-pyrrole nitrogens is 1. The van der Waals surface area contributed by atoms with Gasteiger partial charge in [-0.15, -0.1) is 10.2 Å². The molecule has 7 nitrogen and oxygen atoms in total. The van der Waals surface area contributed by atoms with Gasteiger partial charge in [0, 0.05) is 0 Å². The number of anilines is 1. The molecular formula is C13H13FN6OS. The highest BCUT2D eigenvalue weighted by molar-refractivity contribution is 7.15. The molecule has 3 N–H and O–H groups in total. The van der Waals surface area contributed by atoms with Gasteiger partial charge >= 0.3 is 6.03 Å². The van der Waals surface area contributed by atoms with Crippen molar-refractivity contribution in [3.8, 4) is 0 Å². The van der Waals surface area contributed by atoms with E-state index in [1.165, 1.54) is 23.5 Å². The summed E-state index contributed by atoms with van der Waals surface area (Å²) in [5.41, 5.74) is 1.24. The lowest BCUT2D eigenvalue weighted by Crippen LogP contribution is -2.28. The molecular weight excluding hydrogens is 307 g/mol. The highest BCUT2D eigenvalue weighted by Gasteiger charge is 2.08. The van der Waals surface area contributed by atoms with Gasteiger partial charge in [-0.05, 0) is 24.6 Å². The Kier molecular flexibility index (Phi) is 3.96. The maximum Gasteiger partial charge on any atom is 0.321 e. The van der Waals surface area contributed by atoms with Crippen LogP contribution >= 0.6 is 11.3 Å². The van der Waals surface area contributed by atoms with Crippen molar-refractivity contribution in [2.24, 2.45) is 0 Å². The number of aromatic nitrogens is 4. The molecule has 114 valence electrons. The Morgan fingerprint density at radius 1 is 1.41 bits per heavy atom. The van der Waals surface area contributed by atoms with E-state index in [0.29, 0.717) is 22.0 Å². The first kappa shape index (κ1) is 14.4. The van der Waals surface area contributed by atoms with Gasteiger partial charge in [0.25, 0.3) is 0 Å². The zero-order valence-corrected chi connectivity index (χ0v) is 12.5. The summed E-state index contributed by atoms with van der Waals surface area (Å²) in [5, 5.41) is 14.3. The summed E-state index contributed by atoms with van der Waals surface area (Å²) in [6.45, 7) is 2.16. The zero-order valence-electron chi connectivity index (χ0n) is 11.7. The van der Waals surface area contributed by atoms with Crippen molar-refractivity contribution < 1.29 is 9.18 Å². The van der Waals surface area contributed by atoms with Crippen LogP contribution in [0.25, 0.3) is 11.0 Å². The van der Waals surface area contributed by atoms with E-state index in [0.717, 1.165) is 11.4 Å². The number of hydrogen-bond acceptors (Lipinski definition) is 5. The zero-order chi connectivity index (χ0) is 15.5. The largest absolute Gasteiger partial charge is 0.340 e. The number of imidazole rings is 1. The van der Waals surface area contributed by atoms with E-state index in [-0.39, 0.29) is 12.4 Å². The lowest BCUT2D eigenvalue weighted by Gasteiger charge is -2.02. The van der Waals surface area contributed by atoms with Crippen molar-refractivity contribution in [2.45, 2.75) is 19.9 Å². The molecule has 3 rings (SSSR count). The molecule has 0 aliphatic rings. The molecule has 0 spiro atoms. The van der Waals surface area contributed by atoms with Crippen molar-refractivity contribution in [3.05, 3.63) is 34.8 Å². The predicted octanol–water partition coefficient (Wildman–Crippen LogP) is 2.44. The first-order valence-corrected chi connectivity index (χ1v) is 7.47. The van der Waals surface area contributed by atoms with Gasteiger partial charge in [0.1, 0.15) is 16.6 Å². The highest BCUT2D eigenvalue weighted by Crippen LogP contribution is 2.15. The molecule has 0 fully saturated rings. The summed E-state index contributed by atoms with van der Waals surface area (Å²) < 4.78 is 13.1. The topological polar surface area (TPSA) is 95.6 Å².